The maximum atomic E-state index is 10.9. The minimum absolute atomic E-state index is 0.161. The zero-order chi connectivity index (χ0) is 8.81. The topological polar surface area (TPSA) is 64.9 Å². The number of hydrogen-bond donors (Lipinski definition) is 2. The van der Waals surface area contributed by atoms with Crippen LogP contribution in [0.3, 0.4) is 0 Å². The number of nitriles is 1. The summed E-state index contributed by atoms with van der Waals surface area (Å²) in [6, 6.07) is 0. The van der Waals surface area contributed by atoms with Gasteiger partial charge in [0.2, 0.25) is 5.91 Å². The Morgan fingerprint density at radius 3 is 3.17 bits per heavy atom. The van der Waals surface area contributed by atoms with E-state index in [2.05, 4.69) is 10.6 Å². The van der Waals surface area contributed by atoms with Crippen molar-refractivity contribution in [2.75, 3.05) is 13.1 Å². The Morgan fingerprint density at radius 1 is 1.75 bits per heavy atom. The summed E-state index contributed by atoms with van der Waals surface area (Å²) >= 11 is 0. The molecule has 1 heterocycles. The Kier molecular flexibility index (Phi) is 3.55. The fraction of sp³-hybridized carbons (Fsp3) is 0.750. The highest BCUT2D eigenvalue weighted by Crippen LogP contribution is 2.13. The molecule has 1 amide bonds. The van der Waals surface area contributed by atoms with E-state index in [0.29, 0.717) is 12.3 Å². The van der Waals surface area contributed by atoms with Crippen LogP contribution in [0.15, 0.2) is 0 Å². The Balaban J connectivity index is 2.21. The van der Waals surface area contributed by atoms with Crippen molar-refractivity contribution in [1.29, 1.82) is 5.26 Å². The molecule has 1 aliphatic rings. The molecular weight excluding hydrogens is 154 g/mol. The highest BCUT2D eigenvalue weighted by molar-refractivity contribution is 5.77. The monoisotopic (exact) mass is 167 g/mol. The molecule has 0 saturated carbocycles. The van der Waals surface area contributed by atoms with E-state index in [4.69, 9.17) is 5.26 Å². The molecule has 0 aromatic carbocycles. The SMILES string of the molecule is N#CNC(=O)CC1CCCNC1. The Hall–Kier alpha value is -1.08. The second-order valence-electron chi connectivity index (χ2n) is 3.08. The van der Waals surface area contributed by atoms with E-state index in [-0.39, 0.29) is 5.91 Å². The minimum atomic E-state index is -0.161. The molecule has 12 heavy (non-hydrogen) atoms. The molecule has 1 unspecified atom stereocenters. The minimum Gasteiger partial charge on any atom is -0.316 e. The summed E-state index contributed by atoms with van der Waals surface area (Å²) in [6.07, 6.45) is 4.33. The van der Waals surface area contributed by atoms with Crippen molar-refractivity contribution in [3.05, 3.63) is 0 Å². The number of nitrogens with one attached hydrogen (secondary N) is 2. The first-order valence-electron chi connectivity index (χ1n) is 4.21. The molecular formula is C8H13N3O. The molecule has 0 bridgehead atoms. The van der Waals surface area contributed by atoms with Gasteiger partial charge < -0.3 is 5.32 Å². The molecule has 0 aromatic heterocycles. The normalized spacial score (nSPS) is 22.8. The van der Waals surface area contributed by atoms with Crippen molar-refractivity contribution < 1.29 is 4.79 Å². The van der Waals surface area contributed by atoms with Gasteiger partial charge in [-0.15, -0.1) is 0 Å². The van der Waals surface area contributed by atoms with Crippen LogP contribution in [0.25, 0.3) is 0 Å². The molecule has 1 saturated heterocycles. The summed E-state index contributed by atoms with van der Waals surface area (Å²) in [5.74, 6) is 0.248. The number of carbonyl (C=O) groups is 1. The van der Waals surface area contributed by atoms with Crippen LogP contribution < -0.4 is 10.6 Å². The molecule has 1 rings (SSSR count). The smallest absolute Gasteiger partial charge is 0.233 e. The lowest BCUT2D eigenvalue weighted by Crippen LogP contribution is -2.33. The second kappa shape index (κ2) is 4.73. The van der Waals surface area contributed by atoms with E-state index in [1.165, 1.54) is 0 Å². The van der Waals surface area contributed by atoms with Crippen LogP contribution >= 0.6 is 0 Å². The number of hydrogen-bond acceptors (Lipinski definition) is 3. The number of amides is 1. The molecule has 2 N–H and O–H groups in total. The molecule has 0 spiro atoms. The van der Waals surface area contributed by atoms with Gasteiger partial charge in [-0.1, -0.05) is 0 Å². The van der Waals surface area contributed by atoms with Gasteiger partial charge >= 0.3 is 0 Å². The Bertz CT molecular complexity index is 191. The van der Waals surface area contributed by atoms with Gasteiger partial charge in [0.1, 0.15) is 0 Å². The molecule has 66 valence electrons. The molecule has 0 aromatic rings. The first kappa shape index (κ1) is 9.01. The van der Waals surface area contributed by atoms with Crippen molar-refractivity contribution in [2.24, 2.45) is 5.92 Å². The summed E-state index contributed by atoms with van der Waals surface area (Å²) in [6.45, 7) is 1.95. The van der Waals surface area contributed by atoms with Gasteiger partial charge in [-0.25, -0.2) is 0 Å². The van der Waals surface area contributed by atoms with Crippen LogP contribution in [0.5, 0.6) is 0 Å². The van der Waals surface area contributed by atoms with Crippen LogP contribution in [0.4, 0.5) is 0 Å². The zero-order valence-corrected chi connectivity index (χ0v) is 6.97. The third-order valence-corrected chi connectivity index (χ3v) is 2.07. The lowest BCUT2D eigenvalue weighted by atomic mass is 9.96. The Morgan fingerprint density at radius 2 is 2.58 bits per heavy atom. The predicted octanol–water partition coefficient (Wildman–Crippen LogP) is -0.0266. The highest BCUT2D eigenvalue weighted by Gasteiger charge is 2.15. The molecule has 4 heteroatoms. The lowest BCUT2D eigenvalue weighted by Gasteiger charge is -2.21. The second-order valence-corrected chi connectivity index (χ2v) is 3.08. The van der Waals surface area contributed by atoms with Gasteiger partial charge in [0.15, 0.2) is 6.19 Å². The molecule has 0 aliphatic carbocycles. The number of rotatable bonds is 2. The first-order chi connectivity index (χ1) is 5.83. The van der Waals surface area contributed by atoms with Crippen LogP contribution in [-0.2, 0) is 4.79 Å². The highest BCUT2D eigenvalue weighted by atomic mass is 16.1. The zero-order valence-electron chi connectivity index (χ0n) is 6.97. The predicted molar refractivity (Wildman–Crippen MR) is 44.0 cm³/mol. The van der Waals surface area contributed by atoms with Gasteiger partial charge in [0.25, 0.3) is 0 Å². The van der Waals surface area contributed by atoms with Crippen LogP contribution in [0.2, 0.25) is 0 Å². The van der Waals surface area contributed by atoms with E-state index in [9.17, 15) is 4.79 Å². The maximum Gasteiger partial charge on any atom is 0.233 e. The first-order valence-corrected chi connectivity index (χ1v) is 4.21. The number of nitrogens with zero attached hydrogens (tertiary/aromatic N) is 1. The summed E-state index contributed by atoms with van der Waals surface area (Å²) in [5.41, 5.74) is 0. The maximum absolute atomic E-state index is 10.9. The van der Waals surface area contributed by atoms with E-state index in [0.717, 1.165) is 25.9 Å². The summed E-state index contributed by atoms with van der Waals surface area (Å²) in [7, 11) is 0. The van der Waals surface area contributed by atoms with Gasteiger partial charge in [-0.2, -0.15) is 5.26 Å². The van der Waals surface area contributed by atoms with Crippen LogP contribution in [-0.4, -0.2) is 19.0 Å². The van der Waals surface area contributed by atoms with Crippen LogP contribution in [0.1, 0.15) is 19.3 Å². The van der Waals surface area contributed by atoms with Gasteiger partial charge in [-0.05, 0) is 31.8 Å². The molecule has 1 fully saturated rings. The lowest BCUT2D eigenvalue weighted by molar-refractivity contribution is -0.121. The van der Waals surface area contributed by atoms with Crippen molar-refractivity contribution in [1.82, 2.24) is 10.6 Å². The van der Waals surface area contributed by atoms with Crippen molar-refractivity contribution in [2.45, 2.75) is 19.3 Å². The van der Waals surface area contributed by atoms with E-state index in [1.807, 2.05) is 0 Å². The van der Waals surface area contributed by atoms with Crippen molar-refractivity contribution >= 4 is 5.91 Å². The standard InChI is InChI=1S/C8H13N3O/c9-6-11-8(12)4-7-2-1-3-10-5-7/h7,10H,1-5H2,(H,11,12). The van der Waals surface area contributed by atoms with E-state index < -0.39 is 0 Å². The average Bonchev–Trinajstić information content (AvgIpc) is 2.06. The van der Waals surface area contributed by atoms with Gasteiger partial charge in [-0.3, -0.25) is 10.1 Å². The van der Waals surface area contributed by atoms with Crippen molar-refractivity contribution in [3.63, 3.8) is 0 Å². The molecule has 0 radical (unpaired) electrons. The largest absolute Gasteiger partial charge is 0.316 e. The summed E-state index contributed by atoms with van der Waals surface area (Å²) in [4.78, 5) is 10.9. The van der Waals surface area contributed by atoms with Crippen LogP contribution in [0, 0.1) is 17.4 Å². The fourth-order valence-electron chi connectivity index (χ4n) is 1.47. The van der Waals surface area contributed by atoms with Gasteiger partial charge in [0.05, 0.1) is 0 Å². The number of carbonyl (C=O) groups excluding carboxylic acids is 1. The fourth-order valence-corrected chi connectivity index (χ4v) is 1.47. The third-order valence-electron chi connectivity index (χ3n) is 2.07. The van der Waals surface area contributed by atoms with Gasteiger partial charge in [0, 0.05) is 6.42 Å². The molecule has 4 nitrogen and oxygen atoms in total. The summed E-state index contributed by atoms with van der Waals surface area (Å²) in [5, 5.41) is 13.5. The molecule has 1 aliphatic heterocycles. The number of piperidine rings is 1. The Labute approximate surface area is 71.9 Å². The molecule has 1 atom stereocenters. The van der Waals surface area contributed by atoms with E-state index in [1.54, 1.807) is 6.19 Å². The quantitative estimate of drug-likeness (QED) is 0.448. The summed E-state index contributed by atoms with van der Waals surface area (Å²) < 4.78 is 0. The third kappa shape index (κ3) is 2.89. The average molecular weight is 167 g/mol. The van der Waals surface area contributed by atoms with Crippen molar-refractivity contribution in [3.8, 4) is 6.19 Å². The van der Waals surface area contributed by atoms with E-state index >= 15 is 0 Å².